The van der Waals surface area contributed by atoms with Crippen molar-refractivity contribution in [3.8, 4) is 0 Å². The van der Waals surface area contributed by atoms with E-state index in [0.29, 0.717) is 12.2 Å². The molecule has 0 aliphatic carbocycles. The zero-order chi connectivity index (χ0) is 18.0. The quantitative estimate of drug-likeness (QED) is 0.653. The van der Waals surface area contributed by atoms with Crippen molar-refractivity contribution in [2.24, 2.45) is 0 Å². The zero-order valence-corrected chi connectivity index (χ0v) is 15.3. The molecule has 0 saturated carbocycles. The molecule has 0 saturated heterocycles. The van der Waals surface area contributed by atoms with Crippen molar-refractivity contribution in [1.82, 2.24) is 4.57 Å². The Morgan fingerprint density at radius 2 is 1.92 bits per heavy atom. The number of methoxy groups -OCH3 is 1. The number of aromatic nitrogens is 1. The van der Waals surface area contributed by atoms with Gasteiger partial charge in [-0.1, -0.05) is 18.2 Å². The standard InChI is InChI=1S/C19H20N2O3S/c1-4-20(14-8-6-5-7-9-14)18(22)12-21-15-10-13(2)25-17(15)11-16(21)19(23)24-3/h5-11H,4,12H2,1-3H3. The SMILES string of the molecule is CCN(C(=O)Cn1c(C(=O)OC)cc2sc(C)cc21)c1ccccc1. The van der Waals surface area contributed by atoms with E-state index >= 15 is 0 Å². The van der Waals surface area contributed by atoms with Crippen LogP contribution in [0.15, 0.2) is 42.5 Å². The second kappa shape index (κ2) is 7.11. The highest BCUT2D eigenvalue weighted by Gasteiger charge is 2.22. The van der Waals surface area contributed by atoms with Gasteiger partial charge in [-0.25, -0.2) is 4.79 Å². The lowest BCUT2D eigenvalue weighted by Crippen LogP contribution is -2.34. The van der Waals surface area contributed by atoms with Crippen LogP contribution < -0.4 is 4.90 Å². The first kappa shape index (κ1) is 17.2. The summed E-state index contributed by atoms with van der Waals surface area (Å²) < 4.78 is 7.61. The van der Waals surface area contributed by atoms with Gasteiger partial charge >= 0.3 is 5.97 Å². The van der Waals surface area contributed by atoms with Crippen molar-refractivity contribution in [1.29, 1.82) is 0 Å². The Labute approximate surface area is 150 Å². The fourth-order valence-corrected chi connectivity index (χ4v) is 3.90. The van der Waals surface area contributed by atoms with Crippen molar-refractivity contribution >= 4 is 39.1 Å². The van der Waals surface area contributed by atoms with E-state index < -0.39 is 5.97 Å². The molecule has 25 heavy (non-hydrogen) atoms. The molecule has 2 aromatic heterocycles. The third kappa shape index (κ3) is 3.30. The summed E-state index contributed by atoms with van der Waals surface area (Å²) in [5.41, 5.74) is 2.14. The summed E-state index contributed by atoms with van der Waals surface area (Å²) in [7, 11) is 1.35. The highest BCUT2D eigenvalue weighted by atomic mass is 32.1. The molecule has 0 aliphatic heterocycles. The Kier molecular flexibility index (Phi) is 4.90. The van der Waals surface area contributed by atoms with Gasteiger partial charge in [-0.05, 0) is 38.1 Å². The van der Waals surface area contributed by atoms with E-state index in [4.69, 9.17) is 4.74 Å². The van der Waals surface area contributed by atoms with Crippen LogP contribution in [0.4, 0.5) is 5.69 Å². The second-order valence-corrected chi connectivity index (χ2v) is 6.98. The van der Waals surface area contributed by atoms with E-state index in [-0.39, 0.29) is 12.5 Å². The van der Waals surface area contributed by atoms with E-state index in [1.54, 1.807) is 26.9 Å². The minimum Gasteiger partial charge on any atom is -0.464 e. The van der Waals surface area contributed by atoms with Gasteiger partial charge in [0, 0.05) is 17.1 Å². The largest absolute Gasteiger partial charge is 0.464 e. The predicted molar refractivity (Wildman–Crippen MR) is 100 cm³/mol. The normalized spacial score (nSPS) is 10.8. The molecule has 1 aromatic carbocycles. The van der Waals surface area contributed by atoms with Crippen molar-refractivity contribution in [3.63, 3.8) is 0 Å². The van der Waals surface area contributed by atoms with Crippen molar-refractivity contribution in [2.45, 2.75) is 20.4 Å². The summed E-state index contributed by atoms with van der Waals surface area (Å²) in [6.45, 7) is 4.60. The van der Waals surface area contributed by atoms with Gasteiger partial charge in [0.2, 0.25) is 5.91 Å². The lowest BCUT2D eigenvalue weighted by Gasteiger charge is -2.22. The summed E-state index contributed by atoms with van der Waals surface area (Å²) in [6.07, 6.45) is 0. The van der Waals surface area contributed by atoms with E-state index in [1.807, 2.05) is 50.2 Å². The molecule has 0 bridgehead atoms. The van der Waals surface area contributed by atoms with Gasteiger partial charge in [0.1, 0.15) is 12.2 Å². The summed E-state index contributed by atoms with van der Waals surface area (Å²) in [5.74, 6) is -0.503. The monoisotopic (exact) mass is 356 g/mol. The number of carbonyl (C=O) groups excluding carboxylic acids is 2. The first-order valence-electron chi connectivity index (χ1n) is 8.08. The van der Waals surface area contributed by atoms with Crippen LogP contribution in [0, 0.1) is 6.92 Å². The number of para-hydroxylation sites is 1. The van der Waals surface area contributed by atoms with Crippen LogP contribution in [0.3, 0.4) is 0 Å². The molecule has 2 heterocycles. The molecular weight excluding hydrogens is 336 g/mol. The fraction of sp³-hybridized carbons (Fsp3) is 0.263. The van der Waals surface area contributed by atoms with Gasteiger partial charge in [0.15, 0.2) is 0 Å². The van der Waals surface area contributed by atoms with Crippen LogP contribution in [-0.2, 0) is 16.1 Å². The summed E-state index contributed by atoms with van der Waals surface area (Å²) in [6, 6.07) is 13.3. The van der Waals surface area contributed by atoms with E-state index in [1.165, 1.54) is 7.11 Å². The maximum Gasteiger partial charge on any atom is 0.354 e. The summed E-state index contributed by atoms with van der Waals surface area (Å²) in [5, 5.41) is 0. The number of hydrogen-bond acceptors (Lipinski definition) is 4. The molecule has 6 heteroatoms. The Morgan fingerprint density at radius 3 is 2.56 bits per heavy atom. The zero-order valence-electron chi connectivity index (χ0n) is 14.5. The molecule has 3 rings (SSSR count). The van der Waals surface area contributed by atoms with Crippen LogP contribution >= 0.6 is 11.3 Å². The van der Waals surface area contributed by atoms with E-state index in [2.05, 4.69) is 0 Å². The minimum absolute atomic E-state index is 0.0693. The molecule has 0 N–H and O–H groups in total. The number of likely N-dealkylation sites (N-methyl/N-ethyl adjacent to an activating group) is 1. The Morgan fingerprint density at radius 1 is 1.20 bits per heavy atom. The average Bonchev–Trinajstić information content (AvgIpc) is 3.13. The topological polar surface area (TPSA) is 51.5 Å². The number of nitrogens with zero attached hydrogens (tertiary/aromatic N) is 2. The molecule has 0 aliphatic rings. The first-order valence-corrected chi connectivity index (χ1v) is 8.90. The lowest BCUT2D eigenvalue weighted by molar-refractivity contribution is -0.119. The van der Waals surface area contributed by atoms with Crippen LogP contribution in [0.2, 0.25) is 0 Å². The van der Waals surface area contributed by atoms with Crippen LogP contribution in [0.1, 0.15) is 22.3 Å². The van der Waals surface area contributed by atoms with E-state index in [9.17, 15) is 9.59 Å². The molecular formula is C19H20N2O3S. The number of anilines is 1. The number of rotatable bonds is 5. The number of fused-ring (bicyclic) bond motifs is 1. The Bertz CT molecular complexity index is 912. The molecule has 0 radical (unpaired) electrons. The van der Waals surface area contributed by atoms with Gasteiger partial charge in [0.25, 0.3) is 0 Å². The van der Waals surface area contributed by atoms with Gasteiger partial charge in [-0.15, -0.1) is 11.3 Å². The maximum atomic E-state index is 12.9. The van der Waals surface area contributed by atoms with Gasteiger partial charge in [-0.2, -0.15) is 0 Å². The molecule has 1 amide bonds. The highest BCUT2D eigenvalue weighted by Crippen LogP contribution is 2.29. The molecule has 0 spiro atoms. The number of ether oxygens (including phenoxy) is 1. The molecule has 130 valence electrons. The van der Waals surface area contributed by atoms with Gasteiger partial charge < -0.3 is 14.2 Å². The molecule has 0 unspecified atom stereocenters. The maximum absolute atomic E-state index is 12.9. The number of hydrogen-bond donors (Lipinski definition) is 0. The Hall–Kier alpha value is -2.60. The van der Waals surface area contributed by atoms with Crippen LogP contribution in [0.5, 0.6) is 0 Å². The average molecular weight is 356 g/mol. The number of esters is 1. The fourth-order valence-electron chi connectivity index (χ4n) is 2.94. The smallest absolute Gasteiger partial charge is 0.354 e. The van der Waals surface area contributed by atoms with Crippen molar-refractivity contribution < 1.29 is 14.3 Å². The first-order chi connectivity index (χ1) is 12.0. The van der Waals surface area contributed by atoms with Crippen LogP contribution in [0.25, 0.3) is 10.2 Å². The third-order valence-electron chi connectivity index (χ3n) is 4.09. The van der Waals surface area contributed by atoms with Gasteiger partial charge in [-0.3, -0.25) is 4.79 Å². The predicted octanol–water partition coefficient (Wildman–Crippen LogP) is 3.85. The lowest BCUT2D eigenvalue weighted by atomic mass is 10.3. The third-order valence-corrected chi connectivity index (χ3v) is 5.07. The molecule has 3 aromatic rings. The summed E-state index contributed by atoms with van der Waals surface area (Å²) in [4.78, 5) is 27.9. The molecule has 0 fully saturated rings. The molecule has 5 nitrogen and oxygen atoms in total. The molecule has 0 atom stereocenters. The number of thiophene rings is 1. The number of aryl methyl sites for hydroxylation is 1. The number of carbonyl (C=O) groups is 2. The van der Waals surface area contributed by atoms with Crippen molar-refractivity contribution in [3.05, 3.63) is 53.0 Å². The second-order valence-electron chi connectivity index (χ2n) is 5.69. The Balaban J connectivity index is 1.98. The van der Waals surface area contributed by atoms with Crippen molar-refractivity contribution in [2.75, 3.05) is 18.6 Å². The number of amides is 1. The number of benzene rings is 1. The summed E-state index contributed by atoms with van der Waals surface area (Å²) >= 11 is 1.60. The van der Waals surface area contributed by atoms with Crippen LogP contribution in [-0.4, -0.2) is 30.1 Å². The highest BCUT2D eigenvalue weighted by molar-refractivity contribution is 7.19. The van der Waals surface area contributed by atoms with Gasteiger partial charge in [0.05, 0.1) is 17.3 Å². The van der Waals surface area contributed by atoms with E-state index in [0.717, 1.165) is 20.8 Å². The minimum atomic E-state index is -0.434.